The summed E-state index contributed by atoms with van der Waals surface area (Å²) in [6.45, 7) is 5.48. The molecule has 7 nitrogen and oxygen atoms in total. The zero-order valence-electron chi connectivity index (χ0n) is 19.0. The molecular formula is C26H25NO6. The van der Waals surface area contributed by atoms with Crippen molar-refractivity contribution in [3.8, 4) is 11.5 Å². The van der Waals surface area contributed by atoms with E-state index in [4.69, 9.17) is 18.9 Å². The van der Waals surface area contributed by atoms with Crippen molar-refractivity contribution in [3.05, 3.63) is 71.6 Å². The number of hydrogen-bond acceptors (Lipinski definition) is 6. The van der Waals surface area contributed by atoms with E-state index in [9.17, 15) is 9.59 Å². The van der Waals surface area contributed by atoms with E-state index < -0.39 is 23.9 Å². The first-order chi connectivity index (χ1) is 15.7. The molecule has 0 radical (unpaired) electrons. The maximum Gasteiger partial charge on any atom is 0.419 e. The van der Waals surface area contributed by atoms with Crippen molar-refractivity contribution >= 4 is 22.8 Å². The van der Waals surface area contributed by atoms with Crippen molar-refractivity contribution in [1.82, 2.24) is 4.57 Å². The number of para-hydroxylation sites is 1. The van der Waals surface area contributed by atoms with E-state index in [0.29, 0.717) is 34.6 Å². The van der Waals surface area contributed by atoms with Crippen LogP contribution in [0.5, 0.6) is 11.5 Å². The Labute approximate surface area is 191 Å². The number of ether oxygens (including phenoxy) is 4. The number of methoxy groups -OCH3 is 1. The van der Waals surface area contributed by atoms with Crippen molar-refractivity contribution in [3.63, 3.8) is 0 Å². The second-order valence-electron chi connectivity index (χ2n) is 9.18. The molecule has 170 valence electrons. The minimum Gasteiger partial charge on any atom is -0.497 e. The standard InChI is InChI=1S/C26H25NO6/c1-26(2,3)33-25(29)27-13-18(17-11-15(30-4)9-10-20(17)27)22-12-23-19(14-31-22)24(28)16-7-5-6-8-21(16)32-23/h5-11,13-14,22-23H,12H2,1-4H3/t22-,23+/m1/s1. The largest absolute Gasteiger partial charge is 0.497 e. The van der Waals surface area contributed by atoms with Gasteiger partial charge in [0.2, 0.25) is 0 Å². The van der Waals surface area contributed by atoms with Crippen LogP contribution in [-0.4, -0.2) is 35.3 Å². The molecule has 33 heavy (non-hydrogen) atoms. The van der Waals surface area contributed by atoms with E-state index in [1.807, 2.05) is 45.0 Å². The van der Waals surface area contributed by atoms with E-state index in [0.717, 1.165) is 10.9 Å². The van der Waals surface area contributed by atoms with Crippen molar-refractivity contribution < 1.29 is 28.5 Å². The maximum atomic E-state index is 12.9. The van der Waals surface area contributed by atoms with Gasteiger partial charge >= 0.3 is 6.09 Å². The average molecular weight is 447 g/mol. The van der Waals surface area contributed by atoms with Gasteiger partial charge in [0, 0.05) is 23.6 Å². The second-order valence-corrected chi connectivity index (χ2v) is 9.18. The molecule has 0 saturated heterocycles. The van der Waals surface area contributed by atoms with Crippen molar-refractivity contribution in [2.75, 3.05) is 7.11 Å². The zero-order chi connectivity index (χ0) is 23.3. The molecule has 0 fully saturated rings. The van der Waals surface area contributed by atoms with Crippen LogP contribution in [0.25, 0.3) is 10.9 Å². The molecule has 1 aromatic heterocycles. The van der Waals surface area contributed by atoms with Crippen LogP contribution in [0.4, 0.5) is 4.79 Å². The van der Waals surface area contributed by atoms with Crippen LogP contribution in [0.15, 0.2) is 60.5 Å². The lowest BCUT2D eigenvalue weighted by molar-refractivity contribution is 0.0531. The normalized spacial score (nSPS) is 19.6. The smallest absolute Gasteiger partial charge is 0.419 e. The Hall–Kier alpha value is -3.74. The Balaban J connectivity index is 1.54. The molecule has 3 heterocycles. The topological polar surface area (TPSA) is 76.0 Å². The molecule has 3 aromatic rings. The third-order valence-corrected chi connectivity index (χ3v) is 5.78. The lowest BCUT2D eigenvalue weighted by Crippen LogP contribution is -2.34. The Morgan fingerprint density at radius 2 is 1.91 bits per heavy atom. The number of fused-ring (bicyclic) bond motifs is 3. The predicted octanol–water partition coefficient (Wildman–Crippen LogP) is 5.42. The van der Waals surface area contributed by atoms with Gasteiger partial charge in [0.25, 0.3) is 0 Å². The molecule has 7 heteroatoms. The fraction of sp³-hybridized carbons (Fsp3) is 0.308. The molecule has 0 unspecified atom stereocenters. The van der Waals surface area contributed by atoms with E-state index in [1.165, 1.54) is 10.8 Å². The molecule has 0 N–H and O–H groups in total. The number of ketones is 1. The summed E-state index contributed by atoms with van der Waals surface area (Å²) in [5, 5.41) is 0.810. The summed E-state index contributed by atoms with van der Waals surface area (Å²) in [7, 11) is 1.59. The number of benzene rings is 2. The lowest BCUT2D eigenvalue weighted by Gasteiger charge is -2.33. The Bertz CT molecular complexity index is 1300. The first kappa shape index (κ1) is 21.1. The summed E-state index contributed by atoms with van der Waals surface area (Å²) in [6, 6.07) is 12.7. The highest BCUT2D eigenvalue weighted by molar-refractivity contribution is 6.12. The van der Waals surface area contributed by atoms with E-state index in [1.54, 1.807) is 31.5 Å². The van der Waals surface area contributed by atoms with Gasteiger partial charge in [-0.15, -0.1) is 0 Å². The van der Waals surface area contributed by atoms with E-state index >= 15 is 0 Å². The monoisotopic (exact) mass is 447 g/mol. The number of Topliss-reactive ketones (excluding diaryl/α,β-unsaturated/α-hetero) is 1. The van der Waals surface area contributed by atoms with Crippen molar-refractivity contribution in [1.29, 1.82) is 0 Å². The summed E-state index contributed by atoms with van der Waals surface area (Å²) in [6.07, 6.45) is 2.32. The van der Waals surface area contributed by atoms with Gasteiger partial charge < -0.3 is 18.9 Å². The Kier molecular flexibility index (Phi) is 4.92. The third-order valence-electron chi connectivity index (χ3n) is 5.78. The molecule has 0 spiro atoms. The number of nitrogens with zero attached hydrogens (tertiary/aromatic N) is 1. The van der Waals surface area contributed by atoms with Crippen LogP contribution in [0.2, 0.25) is 0 Å². The van der Waals surface area contributed by atoms with Crippen LogP contribution in [-0.2, 0) is 9.47 Å². The van der Waals surface area contributed by atoms with E-state index in [-0.39, 0.29) is 5.78 Å². The molecular weight excluding hydrogens is 422 g/mol. The van der Waals surface area contributed by atoms with Crippen LogP contribution in [0, 0.1) is 0 Å². The van der Waals surface area contributed by atoms with Crippen LogP contribution in [0.1, 0.15) is 49.2 Å². The molecule has 2 atom stereocenters. The van der Waals surface area contributed by atoms with Crippen LogP contribution < -0.4 is 9.47 Å². The molecule has 5 rings (SSSR count). The number of aromatic nitrogens is 1. The summed E-state index contributed by atoms with van der Waals surface area (Å²) >= 11 is 0. The van der Waals surface area contributed by atoms with Gasteiger partial charge in [0.1, 0.15) is 29.3 Å². The first-order valence-corrected chi connectivity index (χ1v) is 10.8. The molecule has 2 aliphatic rings. The predicted molar refractivity (Wildman–Crippen MR) is 122 cm³/mol. The summed E-state index contributed by atoms with van der Waals surface area (Å²) < 4.78 is 24.7. The SMILES string of the molecule is COc1ccc2c(c1)c([C@H]1C[C@@H]3Oc4ccccc4C(=O)C3=CO1)cn2C(=O)OC(C)(C)C. The molecule has 2 aromatic carbocycles. The molecule has 0 aliphatic carbocycles. The number of rotatable bonds is 2. The van der Waals surface area contributed by atoms with Gasteiger partial charge in [-0.1, -0.05) is 12.1 Å². The average Bonchev–Trinajstić information content (AvgIpc) is 3.17. The van der Waals surface area contributed by atoms with Crippen molar-refractivity contribution in [2.24, 2.45) is 0 Å². The number of carbonyl (C=O) groups excluding carboxylic acids is 2. The van der Waals surface area contributed by atoms with Crippen LogP contribution in [0.3, 0.4) is 0 Å². The summed E-state index contributed by atoms with van der Waals surface area (Å²) in [5.41, 5.74) is 1.87. The van der Waals surface area contributed by atoms with Gasteiger partial charge in [-0.3, -0.25) is 9.36 Å². The minimum atomic E-state index is -0.636. The molecule has 0 amide bonds. The summed E-state index contributed by atoms with van der Waals surface area (Å²) in [5.74, 6) is 1.15. The van der Waals surface area contributed by atoms with Crippen molar-refractivity contribution in [2.45, 2.75) is 45.0 Å². The second kappa shape index (κ2) is 7.69. The number of hydrogen-bond donors (Lipinski definition) is 0. The quantitative estimate of drug-likeness (QED) is 0.522. The Morgan fingerprint density at radius 1 is 1.12 bits per heavy atom. The lowest BCUT2D eigenvalue weighted by atomic mass is 9.89. The van der Waals surface area contributed by atoms with Gasteiger partial charge in [-0.25, -0.2) is 4.79 Å². The molecule has 0 saturated carbocycles. The highest BCUT2D eigenvalue weighted by Crippen LogP contribution is 2.41. The number of carbonyl (C=O) groups is 2. The minimum absolute atomic E-state index is 0.0850. The fourth-order valence-corrected chi connectivity index (χ4v) is 4.27. The zero-order valence-corrected chi connectivity index (χ0v) is 19.0. The maximum absolute atomic E-state index is 12.9. The Morgan fingerprint density at radius 3 is 2.67 bits per heavy atom. The first-order valence-electron chi connectivity index (χ1n) is 10.8. The van der Waals surface area contributed by atoms with Crippen LogP contribution >= 0.6 is 0 Å². The highest BCUT2D eigenvalue weighted by atomic mass is 16.6. The third kappa shape index (κ3) is 3.73. The van der Waals surface area contributed by atoms with Gasteiger partial charge in [-0.2, -0.15) is 0 Å². The van der Waals surface area contributed by atoms with Gasteiger partial charge in [-0.05, 0) is 51.1 Å². The molecule has 0 bridgehead atoms. The van der Waals surface area contributed by atoms with Gasteiger partial charge in [0.05, 0.1) is 30.0 Å². The molecule has 2 aliphatic heterocycles. The summed E-state index contributed by atoms with van der Waals surface area (Å²) in [4.78, 5) is 25.8. The van der Waals surface area contributed by atoms with Gasteiger partial charge in [0.15, 0.2) is 5.78 Å². The fourth-order valence-electron chi connectivity index (χ4n) is 4.27. The highest BCUT2D eigenvalue weighted by Gasteiger charge is 2.38. The van der Waals surface area contributed by atoms with E-state index in [2.05, 4.69) is 0 Å².